The van der Waals surface area contributed by atoms with Gasteiger partial charge < -0.3 is 14.5 Å². The van der Waals surface area contributed by atoms with E-state index in [1.165, 1.54) is 29.7 Å². The van der Waals surface area contributed by atoms with Crippen LogP contribution in [0.3, 0.4) is 0 Å². The Morgan fingerprint density at radius 2 is 1.92 bits per heavy atom. The summed E-state index contributed by atoms with van der Waals surface area (Å²) in [6.45, 7) is 1.31. The summed E-state index contributed by atoms with van der Waals surface area (Å²) in [5.74, 6) is 0.953. The third-order valence-electron chi connectivity index (χ3n) is 6.03. The van der Waals surface area contributed by atoms with Crippen LogP contribution in [0.4, 0.5) is 0 Å². The van der Waals surface area contributed by atoms with E-state index in [4.69, 9.17) is 4.74 Å². The molecule has 1 aromatic rings. The Bertz CT molecular complexity index is 655. The number of benzene rings is 1. The number of hydrogen-bond acceptors (Lipinski definition) is 3. The van der Waals surface area contributed by atoms with Crippen molar-refractivity contribution in [1.82, 2.24) is 4.90 Å². The van der Waals surface area contributed by atoms with E-state index in [1.54, 1.807) is 12.0 Å². The molecule has 3 rings (SSSR count). The molecule has 140 valence electrons. The van der Waals surface area contributed by atoms with E-state index < -0.39 is 5.54 Å². The molecule has 26 heavy (non-hydrogen) atoms. The van der Waals surface area contributed by atoms with Crippen molar-refractivity contribution >= 4 is 5.91 Å². The normalized spacial score (nSPS) is 20.0. The molecule has 0 radical (unpaired) electrons. The van der Waals surface area contributed by atoms with E-state index in [0.29, 0.717) is 12.6 Å². The fourth-order valence-corrected chi connectivity index (χ4v) is 4.06. The van der Waals surface area contributed by atoms with E-state index in [9.17, 15) is 10.1 Å². The summed E-state index contributed by atoms with van der Waals surface area (Å²) >= 11 is 0. The van der Waals surface area contributed by atoms with Crippen LogP contribution < -0.4 is 9.64 Å². The zero-order valence-corrected chi connectivity index (χ0v) is 16.0. The average molecular weight is 356 g/mol. The Morgan fingerprint density at radius 3 is 2.46 bits per heavy atom. The predicted octanol–water partition coefficient (Wildman–Crippen LogP) is 1.93. The number of nitrogens with zero attached hydrogens (tertiary/aromatic N) is 2. The monoisotopic (exact) mass is 356 g/mol. The fourth-order valence-electron chi connectivity index (χ4n) is 4.06. The molecule has 1 atom stereocenters. The Balaban J connectivity index is 1.65. The molecule has 5 nitrogen and oxygen atoms in total. The Hall–Kier alpha value is -2.06. The lowest BCUT2D eigenvalue weighted by molar-refractivity contribution is -0.917. The van der Waals surface area contributed by atoms with Gasteiger partial charge in [0.25, 0.3) is 5.91 Å². The topological polar surface area (TPSA) is 57.8 Å². The molecule has 1 amide bonds. The van der Waals surface area contributed by atoms with Gasteiger partial charge in [-0.15, -0.1) is 0 Å². The van der Waals surface area contributed by atoms with Crippen molar-refractivity contribution in [2.75, 3.05) is 20.7 Å². The van der Waals surface area contributed by atoms with Crippen molar-refractivity contribution < 1.29 is 14.4 Å². The van der Waals surface area contributed by atoms with Crippen LogP contribution in [0.1, 0.15) is 50.5 Å². The number of hydrogen-bond donors (Lipinski definition) is 1. The molecule has 0 heterocycles. The Morgan fingerprint density at radius 1 is 1.27 bits per heavy atom. The smallest absolute Gasteiger partial charge is 0.278 e. The van der Waals surface area contributed by atoms with Gasteiger partial charge in [0.15, 0.2) is 6.54 Å². The molecule has 5 heteroatoms. The van der Waals surface area contributed by atoms with Crippen LogP contribution in [0.25, 0.3) is 0 Å². The van der Waals surface area contributed by atoms with Gasteiger partial charge in [-0.2, -0.15) is 5.26 Å². The van der Waals surface area contributed by atoms with Gasteiger partial charge in [-0.05, 0) is 37.1 Å². The number of carbonyl (C=O) groups is 1. The molecule has 1 N–H and O–H groups in total. The lowest BCUT2D eigenvalue weighted by atomic mass is 9.81. The van der Waals surface area contributed by atoms with Crippen LogP contribution in [0.2, 0.25) is 0 Å². The number of nitriles is 1. The molecule has 0 saturated heterocycles. The molecule has 2 saturated carbocycles. The molecule has 0 bridgehead atoms. The third-order valence-corrected chi connectivity index (χ3v) is 6.03. The highest BCUT2D eigenvalue weighted by atomic mass is 16.5. The van der Waals surface area contributed by atoms with Crippen LogP contribution >= 0.6 is 0 Å². The van der Waals surface area contributed by atoms with Crippen molar-refractivity contribution in [2.24, 2.45) is 0 Å². The van der Waals surface area contributed by atoms with E-state index in [0.717, 1.165) is 38.0 Å². The quantitative estimate of drug-likeness (QED) is 0.812. The molecular weight excluding hydrogens is 326 g/mol. The summed E-state index contributed by atoms with van der Waals surface area (Å²) in [6, 6.07) is 11.1. The lowest BCUT2D eigenvalue weighted by Crippen LogP contribution is -3.13. The molecular formula is C21H30N3O2+. The number of carbonyl (C=O) groups excluding carboxylic acids is 1. The van der Waals surface area contributed by atoms with E-state index in [1.807, 2.05) is 19.2 Å². The highest BCUT2D eigenvalue weighted by molar-refractivity contribution is 5.78. The maximum Gasteiger partial charge on any atom is 0.278 e. The van der Waals surface area contributed by atoms with Gasteiger partial charge in [0.05, 0.1) is 19.2 Å². The first-order valence-corrected chi connectivity index (χ1v) is 9.73. The maximum atomic E-state index is 13.0. The van der Waals surface area contributed by atoms with Crippen LogP contribution in [0.5, 0.6) is 5.75 Å². The van der Waals surface area contributed by atoms with Gasteiger partial charge in [-0.1, -0.05) is 19.3 Å². The first-order chi connectivity index (χ1) is 12.6. The van der Waals surface area contributed by atoms with Crippen molar-refractivity contribution in [3.05, 3.63) is 29.8 Å². The minimum Gasteiger partial charge on any atom is -0.497 e. The highest BCUT2D eigenvalue weighted by Gasteiger charge is 2.41. The second-order valence-electron chi connectivity index (χ2n) is 7.79. The number of ether oxygens (including phenoxy) is 1. The number of nitrogens with one attached hydrogen (secondary N) is 1. The second kappa shape index (κ2) is 8.09. The minimum atomic E-state index is -0.593. The number of quaternary nitrogens is 1. The maximum absolute atomic E-state index is 13.0. The van der Waals surface area contributed by atoms with E-state index in [-0.39, 0.29) is 5.91 Å². The number of methoxy groups -OCH3 is 1. The van der Waals surface area contributed by atoms with Crippen LogP contribution in [0.15, 0.2) is 24.3 Å². The minimum absolute atomic E-state index is 0.101. The SMILES string of the molecule is COc1ccc(C[NH+](CC(=O)N(C)C2(C#N)CCCCC2)C2CC2)cc1. The molecule has 1 unspecified atom stereocenters. The zero-order valence-electron chi connectivity index (χ0n) is 16.0. The van der Waals surface area contributed by atoms with Crippen molar-refractivity contribution in [3.63, 3.8) is 0 Å². The third kappa shape index (κ3) is 4.19. The fraction of sp³-hybridized carbons (Fsp3) is 0.619. The summed E-state index contributed by atoms with van der Waals surface area (Å²) in [6.07, 6.45) is 7.23. The van der Waals surface area contributed by atoms with Gasteiger partial charge in [0, 0.05) is 25.5 Å². The van der Waals surface area contributed by atoms with Gasteiger partial charge in [-0.25, -0.2) is 0 Å². The molecule has 0 aliphatic heterocycles. The van der Waals surface area contributed by atoms with Gasteiger partial charge in [0.1, 0.15) is 17.8 Å². The van der Waals surface area contributed by atoms with Crippen molar-refractivity contribution in [2.45, 2.75) is 63.1 Å². The Kier molecular flexibility index (Phi) is 5.83. The van der Waals surface area contributed by atoms with Gasteiger partial charge >= 0.3 is 0 Å². The Labute approximate surface area is 156 Å². The van der Waals surface area contributed by atoms with Crippen molar-refractivity contribution in [3.8, 4) is 11.8 Å². The second-order valence-corrected chi connectivity index (χ2v) is 7.79. The average Bonchev–Trinajstić information content (AvgIpc) is 3.53. The van der Waals surface area contributed by atoms with E-state index >= 15 is 0 Å². The van der Waals surface area contributed by atoms with Gasteiger partial charge in [-0.3, -0.25) is 4.79 Å². The first kappa shape index (κ1) is 18.7. The first-order valence-electron chi connectivity index (χ1n) is 9.73. The van der Waals surface area contributed by atoms with Crippen LogP contribution in [0, 0.1) is 11.3 Å². The molecule has 2 fully saturated rings. The molecule has 0 aromatic heterocycles. The predicted molar refractivity (Wildman–Crippen MR) is 99.7 cm³/mol. The molecule has 1 aromatic carbocycles. The highest BCUT2D eigenvalue weighted by Crippen LogP contribution is 2.32. The molecule has 2 aliphatic rings. The summed E-state index contributed by atoms with van der Waals surface area (Å²) in [4.78, 5) is 16.0. The van der Waals surface area contributed by atoms with E-state index in [2.05, 4.69) is 18.2 Å². The van der Waals surface area contributed by atoms with Crippen molar-refractivity contribution in [1.29, 1.82) is 5.26 Å². The molecule has 0 spiro atoms. The van der Waals surface area contributed by atoms with Gasteiger partial charge in [0.2, 0.25) is 0 Å². The lowest BCUT2D eigenvalue weighted by Gasteiger charge is -2.39. The largest absolute Gasteiger partial charge is 0.497 e. The summed E-state index contributed by atoms with van der Waals surface area (Å²) in [5.41, 5.74) is 0.625. The zero-order chi connectivity index (χ0) is 18.6. The van der Waals surface area contributed by atoms with Crippen LogP contribution in [-0.4, -0.2) is 43.1 Å². The number of rotatable bonds is 7. The van der Waals surface area contributed by atoms with Crippen LogP contribution in [-0.2, 0) is 11.3 Å². The molecule has 2 aliphatic carbocycles. The number of likely N-dealkylation sites (N-methyl/N-ethyl adjacent to an activating group) is 1. The number of amides is 1. The summed E-state index contributed by atoms with van der Waals surface area (Å²) in [7, 11) is 3.50. The summed E-state index contributed by atoms with van der Waals surface area (Å²) in [5, 5.41) is 9.74. The standard InChI is InChI=1S/C21H29N3O2/c1-23(21(16-22)12-4-3-5-13-21)20(25)15-24(18-8-9-18)14-17-6-10-19(26-2)11-7-17/h6-7,10-11,18H,3-5,8-9,12-15H2,1-2H3/p+1. The summed E-state index contributed by atoms with van der Waals surface area (Å²) < 4.78 is 5.22.